The predicted octanol–water partition coefficient (Wildman–Crippen LogP) is 3.20. The van der Waals surface area contributed by atoms with E-state index in [1.54, 1.807) is 22.4 Å². The van der Waals surface area contributed by atoms with Crippen LogP contribution >= 0.6 is 11.3 Å². The Labute approximate surface area is 214 Å². The third-order valence-corrected chi connectivity index (χ3v) is 6.67. The molecule has 0 saturated carbocycles. The molecule has 188 valence electrons. The number of rotatable bonds is 3. The van der Waals surface area contributed by atoms with Crippen molar-refractivity contribution in [1.29, 1.82) is 0 Å². The van der Waals surface area contributed by atoms with Crippen LogP contribution in [-0.4, -0.2) is 60.4 Å². The number of aryl methyl sites for hydroxylation is 1. The van der Waals surface area contributed by atoms with E-state index < -0.39 is 0 Å². The fourth-order valence-corrected chi connectivity index (χ4v) is 4.76. The van der Waals surface area contributed by atoms with Crippen LogP contribution in [-0.2, 0) is 11.2 Å². The topological polar surface area (TPSA) is 101 Å². The van der Waals surface area contributed by atoms with Gasteiger partial charge in [0.1, 0.15) is 18.1 Å². The molecule has 0 fully saturated rings. The third-order valence-electron chi connectivity index (χ3n) is 5.82. The molecule has 2 N–H and O–H groups in total. The normalized spacial score (nSPS) is 15.5. The molecule has 0 bridgehead atoms. The summed E-state index contributed by atoms with van der Waals surface area (Å²) >= 11 is 1.45. The Morgan fingerprint density at radius 2 is 1.92 bits per heavy atom. The van der Waals surface area contributed by atoms with Gasteiger partial charge in [-0.2, -0.15) is 0 Å². The van der Waals surface area contributed by atoms with Crippen LogP contribution in [0.4, 0.5) is 0 Å². The lowest BCUT2D eigenvalue weighted by Gasteiger charge is -2.22. The van der Waals surface area contributed by atoms with Gasteiger partial charge in [0, 0.05) is 37.9 Å². The summed E-state index contributed by atoms with van der Waals surface area (Å²) in [6.45, 7) is 3.46. The molecule has 0 unspecified atom stereocenters. The monoisotopic (exact) mass is 506 g/mol. The number of carbonyl (C=O) groups is 3. The fraction of sp³-hybridized carbons (Fsp3) is 0.333. The van der Waals surface area contributed by atoms with Crippen molar-refractivity contribution in [1.82, 2.24) is 20.5 Å². The SMILES string of the molecule is Cc1ccc2c(c1)C(=O)NCCN(C(=O)c1csc(Cc3ccccc3)n1)CCCC(=O)NCCO2. The van der Waals surface area contributed by atoms with Crippen molar-refractivity contribution >= 4 is 29.1 Å². The quantitative estimate of drug-likeness (QED) is 0.568. The van der Waals surface area contributed by atoms with Gasteiger partial charge in [-0.1, -0.05) is 42.0 Å². The largest absolute Gasteiger partial charge is 0.491 e. The van der Waals surface area contributed by atoms with Crippen molar-refractivity contribution < 1.29 is 19.1 Å². The van der Waals surface area contributed by atoms with Gasteiger partial charge in [0.05, 0.1) is 17.1 Å². The van der Waals surface area contributed by atoms with Gasteiger partial charge in [0.25, 0.3) is 11.8 Å². The molecule has 2 aromatic carbocycles. The predicted molar refractivity (Wildman–Crippen MR) is 139 cm³/mol. The van der Waals surface area contributed by atoms with Crippen LogP contribution in [0.5, 0.6) is 5.75 Å². The molecule has 1 aliphatic rings. The van der Waals surface area contributed by atoms with Crippen molar-refractivity contribution in [2.24, 2.45) is 0 Å². The number of nitrogens with one attached hydrogen (secondary N) is 2. The van der Waals surface area contributed by atoms with Gasteiger partial charge < -0.3 is 20.3 Å². The first-order valence-electron chi connectivity index (χ1n) is 12.1. The smallest absolute Gasteiger partial charge is 0.273 e. The molecule has 36 heavy (non-hydrogen) atoms. The third kappa shape index (κ3) is 6.91. The minimum absolute atomic E-state index is 0.0991. The molecule has 9 heteroatoms. The molecule has 0 atom stereocenters. The Hall–Kier alpha value is -3.72. The molecule has 0 spiro atoms. The zero-order chi connectivity index (χ0) is 25.3. The number of carbonyl (C=O) groups excluding carboxylic acids is 3. The van der Waals surface area contributed by atoms with Gasteiger partial charge in [-0.3, -0.25) is 14.4 Å². The number of benzene rings is 2. The zero-order valence-electron chi connectivity index (χ0n) is 20.3. The lowest BCUT2D eigenvalue weighted by Crippen LogP contribution is -2.39. The van der Waals surface area contributed by atoms with Gasteiger partial charge in [-0.05, 0) is 31.0 Å². The van der Waals surface area contributed by atoms with Crippen LogP contribution in [0.1, 0.15) is 49.8 Å². The van der Waals surface area contributed by atoms with Gasteiger partial charge in [-0.25, -0.2) is 4.98 Å². The van der Waals surface area contributed by atoms with Crippen molar-refractivity contribution in [2.75, 3.05) is 32.8 Å². The molecular weight excluding hydrogens is 476 g/mol. The second kappa shape index (κ2) is 12.3. The standard InChI is InChI=1S/C27H30N4O4S/c1-19-9-10-23-21(16-19)26(33)29-11-14-31(13-5-8-24(32)28-12-15-35-23)27(34)22-18-36-25(30-22)17-20-6-3-2-4-7-20/h2-4,6-7,9-10,16,18H,5,8,11-15,17H2,1H3,(H,28,32)(H,29,33). The van der Waals surface area contributed by atoms with E-state index in [-0.39, 0.29) is 30.9 Å². The first-order valence-corrected chi connectivity index (χ1v) is 12.9. The Balaban J connectivity index is 1.47. The molecule has 0 radical (unpaired) electrons. The minimum atomic E-state index is -0.265. The van der Waals surface area contributed by atoms with Crippen LogP contribution in [0, 0.1) is 6.92 Å². The van der Waals surface area contributed by atoms with Crippen LogP contribution in [0.25, 0.3) is 0 Å². The van der Waals surface area contributed by atoms with Gasteiger partial charge in [0.15, 0.2) is 0 Å². The number of amides is 3. The highest BCUT2D eigenvalue weighted by molar-refractivity contribution is 7.09. The second-order valence-corrected chi connectivity index (χ2v) is 9.58. The maximum absolute atomic E-state index is 13.3. The van der Waals surface area contributed by atoms with Gasteiger partial charge >= 0.3 is 0 Å². The number of hydrogen-bond acceptors (Lipinski definition) is 6. The van der Waals surface area contributed by atoms with Crippen molar-refractivity contribution in [3.8, 4) is 5.75 Å². The summed E-state index contributed by atoms with van der Waals surface area (Å²) in [7, 11) is 0. The molecule has 0 saturated heterocycles. The van der Waals surface area contributed by atoms with E-state index in [9.17, 15) is 14.4 Å². The Kier molecular flexibility index (Phi) is 8.67. The van der Waals surface area contributed by atoms with Crippen molar-refractivity contribution in [3.63, 3.8) is 0 Å². The average Bonchev–Trinajstić information content (AvgIpc) is 3.34. The Morgan fingerprint density at radius 3 is 2.75 bits per heavy atom. The number of aromatic nitrogens is 1. The maximum atomic E-state index is 13.3. The van der Waals surface area contributed by atoms with Gasteiger partial charge in [-0.15, -0.1) is 11.3 Å². The van der Waals surface area contributed by atoms with E-state index in [1.165, 1.54) is 11.3 Å². The highest BCUT2D eigenvalue weighted by atomic mass is 32.1. The summed E-state index contributed by atoms with van der Waals surface area (Å²) in [5.41, 5.74) is 2.88. The summed E-state index contributed by atoms with van der Waals surface area (Å²) in [5, 5.41) is 8.37. The Bertz CT molecular complexity index is 1210. The Morgan fingerprint density at radius 1 is 1.08 bits per heavy atom. The average molecular weight is 507 g/mol. The van der Waals surface area contributed by atoms with Crippen molar-refractivity contribution in [2.45, 2.75) is 26.2 Å². The first kappa shape index (κ1) is 25.4. The van der Waals surface area contributed by atoms with E-state index in [4.69, 9.17) is 4.74 Å². The summed E-state index contributed by atoms with van der Waals surface area (Å²) < 4.78 is 5.75. The van der Waals surface area contributed by atoms with Crippen LogP contribution in [0.2, 0.25) is 0 Å². The number of ether oxygens (including phenoxy) is 1. The molecule has 3 aromatic rings. The summed E-state index contributed by atoms with van der Waals surface area (Å²) in [4.78, 5) is 44.7. The van der Waals surface area contributed by atoms with Crippen LogP contribution in [0.3, 0.4) is 0 Å². The maximum Gasteiger partial charge on any atom is 0.273 e. The molecular formula is C27H30N4O4S. The molecule has 2 heterocycles. The lowest BCUT2D eigenvalue weighted by molar-refractivity contribution is -0.121. The first-order chi connectivity index (χ1) is 17.5. The molecule has 3 amide bonds. The van der Waals surface area contributed by atoms with E-state index in [2.05, 4.69) is 15.6 Å². The van der Waals surface area contributed by atoms with Crippen LogP contribution in [0.15, 0.2) is 53.9 Å². The molecule has 0 aliphatic carbocycles. The summed E-state index contributed by atoms with van der Waals surface area (Å²) in [5.74, 6) is -0.107. The number of nitrogens with zero attached hydrogens (tertiary/aromatic N) is 2. The second-order valence-electron chi connectivity index (χ2n) is 8.64. The minimum Gasteiger partial charge on any atom is -0.491 e. The zero-order valence-corrected chi connectivity index (χ0v) is 21.1. The van der Waals surface area contributed by atoms with E-state index in [0.29, 0.717) is 55.9 Å². The van der Waals surface area contributed by atoms with E-state index >= 15 is 0 Å². The lowest BCUT2D eigenvalue weighted by atomic mass is 10.1. The molecule has 1 aliphatic heterocycles. The number of thiazole rings is 1. The highest BCUT2D eigenvalue weighted by Gasteiger charge is 2.20. The van der Waals surface area contributed by atoms with E-state index in [1.807, 2.05) is 43.3 Å². The molecule has 4 rings (SSSR count). The summed E-state index contributed by atoms with van der Waals surface area (Å²) in [6, 6.07) is 15.4. The van der Waals surface area contributed by atoms with Crippen LogP contribution < -0.4 is 15.4 Å². The van der Waals surface area contributed by atoms with Crippen molar-refractivity contribution in [3.05, 3.63) is 81.3 Å². The van der Waals surface area contributed by atoms with E-state index in [0.717, 1.165) is 16.1 Å². The fourth-order valence-electron chi connectivity index (χ4n) is 3.95. The number of hydrogen-bond donors (Lipinski definition) is 2. The highest BCUT2D eigenvalue weighted by Crippen LogP contribution is 2.20. The van der Waals surface area contributed by atoms with Gasteiger partial charge in [0.2, 0.25) is 5.91 Å². The number of fused-ring (bicyclic) bond motifs is 1. The molecule has 8 nitrogen and oxygen atoms in total. The molecule has 1 aromatic heterocycles. The summed E-state index contributed by atoms with van der Waals surface area (Å²) in [6.07, 6.45) is 1.46.